The summed E-state index contributed by atoms with van der Waals surface area (Å²) in [6.07, 6.45) is 0. The average Bonchev–Trinajstić information content (AvgIpc) is 2.35. The molecule has 9 heteroatoms. The normalized spacial score (nSPS) is 9.61. The van der Waals surface area contributed by atoms with Gasteiger partial charge in [0.25, 0.3) is 5.91 Å². The summed E-state index contributed by atoms with van der Waals surface area (Å²) in [4.78, 5) is 31.7. The van der Waals surface area contributed by atoms with Gasteiger partial charge in [0.15, 0.2) is 12.4 Å². The van der Waals surface area contributed by atoms with Gasteiger partial charge in [-0.2, -0.15) is 0 Å². The Morgan fingerprint density at radius 2 is 2.11 bits per heavy atom. The third-order valence-corrected chi connectivity index (χ3v) is 1.96. The van der Waals surface area contributed by atoms with E-state index in [4.69, 9.17) is 16.3 Å². The van der Waals surface area contributed by atoms with E-state index in [0.717, 1.165) is 6.07 Å². The van der Waals surface area contributed by atoms with Crippen LogP contribution in [0.4, 0.5) is 5.69 Å². The molecule has 0 heterocycles. The minimum atomic E-state index is -0.802. The Kier molecular flexibility index (Phi) is 4.16. The number of rotatable bonds is 5. The van der Waals surface area contributed by atoms with E-state index in [-0.39, 0.29) is 11.3 Å². The van der Waals surface area contributed by atoms with Gasteiger partial charge in [0, 0.05) is 11.6 Å². The molecule has 96 valence electrons. The zero-order valence-electron chi connectivity index (χ0n) is 9.08. The number of hydrogen-bond acceptors (Lipinski definition) is 6. The molecule has 2 amide bonds. The van der Waals surface area contributed by atoms with E-state index in [0.29, 0.717) is 0 Å². The van der Waals surface area contributed by atoms with Crippen molar-refractivity contribution >= 4 is 17.5 Å². The molecule has 0 fully saturated rings. The number of nitrogens with two attached hydrogens (primary N) is 2. The number of carbonyl (C=O) groups is 2. The highest BCUT2D eigenvalue weighted by atomic mass is 16.6. The van der Waals surface area contributed by atoms with Crippen LogP contribution in [0.5, 0.6) is 5.75 Å². The molecule has 18 heavy (non-hydrogen) atoms. The van der Waals surface area contributed by atoms with Crippen molar-refractivity contribution in [1.29, 1.82) is 0 Å². The number of nitro benzene ring substituents is 1. The van der Waals surface area contributed by atoms with E-state index in [2.05, 4.69) is 0 Å². The molecule has 0 radical (unpaired) electrons. The number of hydrogen-bond donors (Lipinski definition) is 3. The average molecular weight is 254 g/mol. The molecule has 0 saturated carbocycles. The van der Waals surface area contributed by atoms with Crippen LogP contribution in [0.15, 0.2) is 18.2 Å². The Labute approximate surface area is 101 Å². The van der Waals surface area contributed by atoms with Crippen molar-refractivity contribution in [2.75, 3.05) is 6.61 Å². The summed E-state index contributed by atoms with van der Waals surface area (Å²) >= 11 is 0. The molecule has 1 aromatic rings. The largest absolute Gasteiger partial charge is 0.477 e. The molecule has 9 nitrogen and oxygen atoms in total. The van der Waals surface area contributed by atoms with Gasteiger partial charge < -0.3 is 10.5 Å². The van der Waals surface area contributed by atoms with E-state index in [1.165, 1.54) is 12.1 Å². The SMILES string of the molecule is NNC(=O)COc1ccc(C(N)=O)cc1[N+](=O)[O-]. The number of nitro groups is 1. The van der Waals surface area contributed by atoms with Crippen molar-refractivity contribution in [3.05, 3.63) is 33.9 Å². The van der Waals surface area contributed by atoms with Crippen LogP contribution < -0.4 is 21.7 Å². The predicted octanol–water partition coefficient (Wildman–Crippen LogP) is -0.938. The second kappa shape index (κ2) is 5.59. The van der Waals surface area contributed by atoms with Gasteiger partial charge in [-0.3, -0.25) is 25.1 Å². The van der Waals surface area contributed by atoms with Crippen molar-refractivity contribution in [3.63, 3.8) is 0 Å². The second-order valence-electron chi connectivity index (χ2n) is 3.16. The molecule has 0 aliphatic heterocycles. The first-order chi connectivity index (χ1) is 8.45. The van der Waals surface area contributed by atoms with Gasteiger partial charge >= 0.3 is 5.69 Å². The lowest BCUT2D eigenvalue weighted by atomic mass is 10.2. The molecule has 5 N–H and O–H groups in total. The van der Waals surface area contributed by atoms with Gasteiger partial charge in [-0.25, -0.2) is 5.84 Å². The fourth-order valence-electron chi connectivity index (χ4n) is 1.12. The molecule has 1 aromatic carbocycles. The van der Waals surface area contributed by atoms with Crippen LogP contribution in [0.25, 0.3) is 0 Å². The van der Waals surface area contributed by atoms with Crippen molar-refractivity contribution in [2.24, 2.45) is 11.6 Å². The molecule has 0 unspecified atom stereocenters. The fourth-order valence-corrected chi connectivity index (χ4v) is 1.12. The van der Waals surface area contributed by atoms with Crippen LogP contribution in [0.2, 0.25) is 0 Å². The summed E-state index contributed by atoms with van der Waals surface area (Å²) in [6, 6.07) is 3.41. The Morgan fingerprint density at radius 1 is 1.44 bits per heavy atom. The molecular weight excluding hydrogens is 244 g/mol. The van der Waals surface area contributed by atoms with Gasteiger partial charge in [-0.05, 0) is 12.1 Å². The second-order valence-corrected chi connectivity index (χ2v) is 3.16. The Hall–Kier alpha value is -2.68. The summed E-state index contributed by atoms with van der Waals surface area (Å²) in [7, 11) is 0. The number of benzene rings is 1. The van der Waals surface area contributed by atoms with Crippen molar-refractivity contribution in [3.8, 4) is 5.75 Å². The number of carbonyl (C=O) groups excluding carboxylic acids is 2. The quantitative estimate of drug-likeness (QED) is 0.267. The monoisotopic (exact) mass is 254 g/mol. The lowest BCUT2D eigenvalue weighted by molar-refractivity contribution is -0.385. The molecule has 1 rings (SSSR count). The van der Waals surface area contributed by atoms with Crippen LogP contribution in [-0.2, 0) is 4.79 Å². The third kappa shape index (κ3) is 3.15. The minimum absolute atomic E-state index is 0.0303. The molecule has 0 aliphatic rings. The lowest BCUT2D eigenvalue weighted by Gasteiger charge is -2.06. The van der Waals surface area contributed by atoms with E-state index in [1.807, 2.05) is 0 Å². The Morgan fingerprint density at radius 3 is 2.61 bits per heavy atom. The van der Waals surface area contributed by atoms with Crippen LogP contribution >= 0.6 is 0 Å². The summed E-state index contributed by atoms with van der Waals surface area (Å²) in [5.74, 6) is 3.21. The maximum absolute atomic E-state index is 10.9. The van der Waals surface area contributed by atoms with E-state index in [9.17, 15) is 19.7 Å². The molecular formula is C9H10N4O5. The summed E-state index contributed by atoms with van der Waals surface area (Å²) in [6.45, 7) is -0.479. The highest BCUT2D eigenvalue weighted by Gasteiger charge is 2.18. The number of nitrogens with one attached hydrogen (secondary N) is 1. The first kappa shape index (κ1) is 13.4. The third-order valence-electron chi connectivity index (χ3n) is 1.96. The van der Waals surface area contributed by atoms with Crippen LogP contribution in [0, 0.1) is 10.1 Å². The molecule has 0 aliphatic carbocycles. The molecule has 0 aromatic heterocycles. The van der Waals surface area contributed by atoms with Gasteiger partial charge in [-0.15, -0.1) is 0 Å². The Balaban J connectivity index is 3.00. The van der Waals surface area contributed by atoms with Crippen LogP contribution in [0.3, 0.4) is 0 Å². The smallest absolute Gasteiger partial charge is 0.311 e. The van der Waals surface area contributed by atoms with Crippen LogP contribution in [0.1, 0.15) is 10.4 Å². The number of primary amides is 1. The van der Waals surface area contributed by atoms with Gasteiger partial charge in [0.1, 0.15) is 0 Å². The van der Waals surface area contributed by atoms with Gasteiger partial charge in [0.05, 0.1) is 4.92 Å². The summed E-state index contributed by atoms with van der Waals surface area (Å²) < 4.78 is 4.90. The highest BCUT2D eigenvalue weighted by Crippen LogP contribution is 2.27. The number of hydrazine groups is 1. The number of ether oxygens (including phenoxy) is 1. The molecule has 0 atom stereocenters. The van der Waals surface area contributed by atoms with E-state index in [1.54, 1.807) is 5.43 Å². The minimum Gasteiger partial charge on any atom is -0.477 e. The zero-order chi connectivity index (χ0) is 13.7. The van der Waals surface area contributed by atoms with Gasteiger partial charge in [-0.1, -0.05) is 0 Å². The zero-order valence-corrected chi connectivity index (χ0v) is 9.08. The maximum atomic E-state index is 10.9. The molecule has 0 spiro atoms. The van der Waals surface area contributed by atoms with E-state index < -0.39 is 29.0 Å². The Bertz CT molecular complexity index is 502. The van der Waals surface area contributed by atoms with Crippen molar-refractivity contribution in [2.45, 2.75) is 0 Å². The van der Waals surface area contributed by atoms with Crippen molar-refractivity contribution < 1.29 is 19.2 Å². The molecule has 0 saturated heterocycles. The van der Waals surface area contributed by atoms with E-state index >= 15 is 0 Å². The highest BCUT2D eigenvalue weighted by molar-refractivity contribution is 5.93. The van der Waals surface area contributed by atoms with Gasteiger partial charge in [0.2, 0.25) is 5.91 Å². The first-order valence-electron chi connectivity index (χ1n) is 4.66. The predicted molar refractivity (Wildman–Crippen MR) is 59.4 cm³/mol. The summed E-state index contributed by atoms with van der Waals surface area (Å²) in [5, 5.41) is 10.8. The summed E-state index contributed by atoms with van der Waals surface area (Å²) in [5.41, 5.74) is 6.31. The number of nitrogens with zero attached hydrogens (tertiary/aromatic N) is 1. The lowest BCUT2D eigenvalue weighted by Crippen LogP contribution is -2.34. The fraction of sp³-hybridized carbons (Fsp3) is 0.111. The number of amides is 2. The van der Waals surface area contributed by atoms with Crippen LogP contribution in [-0.4, -0.2) is 23.3 Å². The maximum Gasteiger partial charge on any atom is 0.311 e. The molecule has 0 bridgehead atoms. The first-order valence-corrected chi connectivity index (χ1v) is 4.66. The topological polar surface area (TPSA) is 151 Å². The van der Waals surface area contributed by atoms with Crippen molar-refractivity contribution in [1.82, 2.24) is 5.43 Å². The standard InChI is InChI=1S/C9H10N4O5/c10-9(15)5-1-2-7(6(3-5)13(16)17)18-4-8(14)12-11/h1-3H,4,11H2,(H2,10,15)(H,12,14).